The van der Waals surface area contributed by atoms with Crippen LogP contribution in [-0.2, 0) is 19.1 Å². The number of hydrogen-bond donors (Lipinski definition) is 1. The Balaban J connectivity index is 0.00000817. The zero-order chi connectivity index (χ0) is 47.3. The second kappa shape index (κ2) is 23.6. The average Bonchev–Trinajstić information content (AvgIpc) is 4.00. The molecule has 2 saturated heterocycles. The van der Waals surface area contributed by atoms with Gasteiger partial charge in [0.25, 0.3) is 0 Å². The van der Waals surface area contributed by atoms with Crippen LogP contribution in [-0.4, -0.2) is 59.6 Å². The Morgan fingerprint density at radius 2 is 1.27 bits per heavy atom. The van der Waals surface area contributed by atoms with Crippen molar-refractivity contribution in [3.63, 3.8) is 0 Å². The minimum atomic E-state index is -1.23. The molecule has 2 unspecified atom stereocenters. The number of hydrogen-bond acceptors (Lipinski definition) is 6. The molecule has 358 valence electrons. The van der Waals surface area contributed by atoms with Gasteiger partial charge in [-0.05, 0) is 86.5 Å². The van der Waals surface area contributed by atoms with Crippen molar-refractivity contribution in [2.75, 3.05) is 13.7 Å². The number of carbonyl (C=O) groups excluding carboxylic acids is 3. The van der Waals surface area contributed by atoms with Crippen molar-refractivity contribution in [3.05, 3.63) is 78.5 Å². The van der Waals surface area contributed by atoms with Crippen molar-refractivity contribution in [3.8, 4) is 0 Å². The molecule has 4 aliphatic rings. The Labute approximate surface area is 412 Å². The number of nitrogens with zero attached hydrogens (tertiary/aromatic N) is 4. The number of Topliss-reactive ketones (excluding diaryl/α,β-unsaturated/α-hetero) is 1. The number of fused-ring (bicyclic) bond motifs is 7. The van der Waals surface area contributed by atoms with Crippen molar-refractivity contribution in [2.45, 2.75) is 166 Å². The number of allylic oxidation sites excluding steroid dienone is 4. The summed E-state index contributed by atoms with van der Waals surface area (Å²) in [5.41, 5.74) is 8.60. The monoisotopic (exact) mass is 915 g/mol. The van der Waals surface area contributed by atoms with Crippen molar-refractivity contribution in [1.82, 2.24) is 9.97 Å². The van der Waals surface area contributed by atoms with Crippen LogP contribution in [0, 0.1) is 67.1 Å². The van der Waals surface area contributed by atoms with Gasteiger partial charge in [-0.1, -0.05) is 155 Å². The normalized spacial score (nSPS) is 26.2. The summed E-state index contributed by atoms with van der Waals surface area (Å²) in [5.74, 6) is -0.0379. The SMILES string of the molecule is CC[C@H]1/C2=C/c3[n-]c4c(c3C)C(=O)[C@H](C(=O)OC)/C4=C3/[N-]/C(=C\c4[n-]c(c(C(C)O)c4C)/C=C(\[N-]2)[C@@H]1C)[C@@H](C)[C@@H]3CCC(=O)OCCC(C)CCC[C@H](C)CCC[C@H](C)CCCC(C)C.[Mg+2]. The maximum atomic E-state index is 14.4. The predicted molar refractivity (Wildman–Crippen MR) is 267 cm³/mol. The Morgan fingerprint density at radius 1 is 0.727 bits per heavy atom. The number of esters is 2. The van der Waals surface area contributed by atoms with E-state index in [-0.39, 0.29) is 64.9 Å². The van der Waals surface area contributed by atoms with Crippen molar-refractivity contribution < 1.29 is 29.0 Å². The van der Waals surface area contributed by atoms with E-state index in [1.165, 1.54) is 58.5 Å². The van der Waals surface area contributed by atoms with E-state index in [4.69, 9.17) is 30.1 Å². The predicted octanol–water partition coefficient (Wildman–Crippen LogP) is 12.8. The summed E-state index contributed by atoms with van der Waals surface area (Å²) < 4.78 is 11.1. The van der Waals surface area contributed by atoms with E-state index in [0.29, 0.717) is 69.8 Å². The molecule has 8 bridgehead atoms. The van der Waals surface area contributed by atoms with Gasteiger partial charge in [-0.15, -0.1) is 22.8 Å². The van der Waals surface area contributed by atoms with Gasteiger partial charge in [0.2, 0.25) is 0 Å². The first-order valence-corrected chi connectivity index (χ1v) is 25.1. The molecule has 11 heteroatoms. The molecule has 1 N–H and O–H groups in total. The number of rotatable bonds is 21. The molecule has 9 atom stereocenters. The van der Waals surface area contributed by atoms with Crippen LogP contribution in [0.15, 0.2) is 22.8 Å². The number of ketones is 1. The van der Waals surface area contributed by atoms with Crippen molar-refractivity contribution >= 4 is 64.6 Å². The molecule has 66 heavy (non-hydrogen) atoms. The van der Waals surface area contributed by atoms with Crippen molar-refractivity contribution in [1.29, 1.82) is 0 Å². The van der Waals surface area contributed by atoms with Crippen LogP contribution in [0.2, 0.25) is 0 Å². The number of aromatic nitrogens is 2. The van der Waals surface area contributed by atoms with E-state index in [1.54, 1.807) is 6.92 Å². The largest absolute Gasteiger partial charge is 2.00 e. The Bertz CT molecular complexity index is 2170. The third-order valence-electron chi connectivity index (χ3n) is 15.2. The molecule has 2 aromatic rings. The van der Waals surface area contributed by atoms with Gasteiger partial charge >= 0.3 is 35.0 Å². The van der Waals surface area contributed by atoms with Crippen LogP contribution in [0.25, 0.3) is 34.4 Å². The first-order valence-electron chi connectivity index (χ1n) is 25.1. The van der Waals surface area contributed by atoms with Crippen LogP contribution < -0.4 is 9.97 Å². The second-order valence-corrected chi connectivity index (χ2v) is 20.7. The molecular formula is C55H78MgN4O6-2. The van der Waals surface area contributed by atoms with Crippen LogP contribution in [0.4, 0.5) is 0 Å². The maximum absolute atomic E-state index is 14.4. The molecule has 0 saturated carbocycles. The zero-order valence-corrected chi connectivity index (χ0v) is 43.8. The summed E-state index contributed by atoms with van der Waals surface area (Å²) in [6.07, 6.45) is 18.9. The molecule has 3 aliphatic heterocycles. The average molecular weight is 916 g/mol. The van der Waals surface area contributed by atoms with E-state index < -0.39 is 18.0 Å². The van der Waals surface area contributed by atoms with Crippen LogP contribution in [0.3, 0.4) is 0 Å². The minimum Gasteiger partial charge on any atom is -0.664 e. The molecule has 0 amide bonds. The Morgan fingerprint density at radius 3 is 1.86 bits per heavy atom. The minimum absolute atomic E-state index is 0. The van der Waals surface area contributed by atoms with Crippen molar-refractivity contribution in [2.24, 2.45) is 53.3 Å². The summed E-state index contributed by atoms with van der Waals surface area (Å²) >= 11 is 0. The van der Waals surface area contributed by atoms with E-state index in [0.717, 1.165) is 59.5 Å². The molecule has 2 aromatic heterocycles. The molecule has 0 radical (unpaired) electrons. The van der Waals surface area contributed by atoms with E-state index in [1.807, 2.05) is 32.1 Å². The smallest absolute Gasteiger partial charge is 0.664 e. The summed E-state index contributed by atoms with van der Waals surface area (Å²) in [5, 5.41) is 21.4. The molecular weight excluding hydrogens is 837 g/mol. The fraction of sp³-hybridized carbons (Fsp3) is 0.655. The third-order valence-corrected chi connectivity index (χ3v) is 15.2. The van der Waals surface area contributed by atoms with Gasteiger partial charge < -0.3 is 35.2 Å². The summed E-state index contributed by atoms with van der Waals surface area (Å²) in [6, 6.07) is 0. The Hall–Kier alpha value is -3.54. The number of methoxy groups -OCH3 is 1. The summed E-state index contributed by atoms with van der Waals surface area (Å²) in [4.78, 5) is 51.7. The van der Waals surface area contributed by atoms with E-state index in [9.17, 15) is 19.5 Å². The zero-order valence-electron chi connectivity index (χ0n) is 42.4. The molecule has 0 spiro atoms. The number of ether oxygens (including phenoxy) is 2. The number of aliphatic hydroxyl groups excluding tert-OH is 1. The molecule has 5 heterocycles. The van der Waals surface area contributed by atoms with Crippen LogP contribution in [0.5, 0.6) is 0 Å². The van der Waals surface area contributed by atoms with E-state index >= 15 is 0 Å². The van der Waals surface area contributed by atoms with Gasteiger partial charge in [-0.3, -0.25) is 14.4 Å². The van der Waals surface area contributed by atoms with Crippen LogP contribution >= 0.6 is 0 Å². The maximum Gasteiger partial charge on any atom is 2.00 e. The van der Waals surface area contributed by atoms with Gasteiger partial charge in [0, 0.05) is 12.0 Å². The standard InChI is InChI=1S/C55H79N4O6.Mg/c1-13-39-34(7)41-29-46-48(38(11)60)36(9)43(57-46)27-42-35(8)40(52(58-42)50-51(55(63)64-12)54(62)49-37(10)44(59-53(49)50)28-45(39)56-41)23-24-47(61)65-26-25-33(6)22-16-21-32(5)20-15-19-31(4)18-14-17-30(2)3;/h27-35,38-40,51,60H,13-26H2,1-12H3,(H-,58,59,62);/q-3;+2/p-1/b41-29-,42-27-,45-28-;/t31-,32-,33?,34-,35+,38?,39-,40+,51-;/m1./s1. The second-order valence-electron chi connectivity index (χ2n) is 20.7. The Kier molecular flexibility index (Phi) is 19.1. The van der Waals surface area contributed by atoms with Crippen LogP contribution in [0.1, 0.15) is 202 Å². The first-order chi connectivity index (χ1) is 30.9. The van der Waals surface area contributed by atoms with Gasteiger partial charge in [0.05, 0.1) is 19.8 Å². The summed E-state index contributed by atoms with van der Waals surface area (Å²) in [7, 11) is 1.29. The van der Waals surface area contributed by atoms with Gasteiger partial charge in [-0.25, -0.2) is 0 Å². The van der Waals surface area contributed by atoms with Gasteiger partial charge in [0.1, 0.15) is 5.92 Å². The molecule has 2 fully saturated rings. The van der Waals surface area contributed by atoms with E-state index in [2.05, 4.69) is 55.4 Å². The summed E-state index contributed by atoms with van der Waals surface area (Å²) in [6.45, 7) is 24.0. The first kappa shape index (κ1) is 53.4. The number of carbonyl (C=O) groups is 3. The molecule has 0 aromatic carbocycles. The topological polar surface area (TPSA) is 146 Å². The fourth-order valence-electron chi connectivity index (χ4n) is 10.9. The number of aliphatic hydroxyl groups is 1. The fourth-order valence-corrected chi connectivity index (χ4v) is 10.9. The van der Waals surface area contributed by atoms with Gasteiger partial charge in [0.15, 0.2) is 5.78 Å². The third kappa shape index (κ3) is 12.0. The molecule has 1 aliphatic carbocycles. The van der Waals surface area contributed by atoms with Gasteiger partial charge in [-0.2, -0.15) is 22.8 Å². The molecule has 6 rings (SSSR count). The molecule has 10 nitrogen and oxygen atoms in total. The quantitative estimate of drug-likeness (QED) is 0.0740.